The maximum atomic E-state index is 13.4. The zero-order valence-corrected chi connectivity index (χ0v) is 8.91. The van der Waals surface area contributed by atoms with Crippen molar-refractivity contribution in [1.29, 1.82) is 0 Å². The SMILES string of the molecule is O=C(O)CCn1nc2cccc(F)c2c1Cl. The summed E-state index contributed by atoms with van der Waals surface area (Å²) in [5.74, 6) is -1.40. The number of hydrogen-bond acceptors (Lipinski definition) is 2. The van der Waals surface area contributed by atoms with Crippen molar-refractivity contribution in [3.8, 4) is 0 Å². The molecule has 0 saturated carbocycles. The summed E-state index contributed by atoms with van der Waals surface area (Å²) >= 11 is 5.91. The Morgan fingerprint density at radius 2 is 2.31 bits per heavy atom. The van der Waals surface area contributed by atoms with E-state index in [1.54, 1.807) is 6.07 Å². The van der Waals surface area contributed by atoms with Crippen molar-refractivity contribution >= 4 is 28.5 Å². The molecular formula is C10H8ClFN2O2. The number of carboxylic acid groups (broad SMARTS) is 1. The molecule has 0 radical (unpaired) electrons. The lowest BCUT2D eigenvalue weighted by Crippen LogP contribution is -2.05. The fourth-order valence-corrected chi connectivity index (χ4v) is 1.76. The van der Waals surface area contributed by atoms with Gasteiger partial charge in [0.15, 0.2) is 0 Å². The molecule has 0 aliphatic carbocycles. The Kier molecular flexibility index (Phi) is 2.78. The lowest BCUT2D eigenvalue weighted by atomic mass is 10.2. The van der Waals surface area contributed by atoms with Crippen molar-refractivity contribution in [3.05, 3.63) is 29.2 Å². The van der Waals surface area contributed by atoms with Crippen molar-refractivity contribution in [1.82, 2.24) is 9.78 Å². The molecule has 0 amide bonds. The molecule has 1 aromatic heterocycles. The van der Waals surface area contributed by atoms with E-state index in [2.05, 4.69) is 5.10 Å². The van der Waals surface area contributed by atoms with Gasteiger partial charge in [-0.05, 0) is 12.1 Å². The van der Waals surface area contributed by atoms with E-state index in [0.717, 1.165) is 0 Å². The average Bonchev–Trinajstić information content (AvgIpc) is 2.54. The van der Waals surface area contributed by atoms with Gasteiger partial charge in [-0.3, -0.25) is 9.48 Å². The van der Waals surface area contributed by atoms with Gasteiger partial charge in [0.05, 0.1) is 23.9 Å². The zero-order chi connectivity index (χ0) is 11.7. The molecule has 6 heteroatoms. The number of carbonyl (C=O) groups is 1. The van der Waals surface area contributed by atoms with Gasteiger partial charge in [0, 0.05) is 0 Å². The van der Waals surface area contributed by atoms with Crippen LogP contribution in [0.2, 0.25) is 5.15 Å². The summed E-state index contributed by atoms with van der Waals surface area (Å²) in [6.45, 7) is 0.127. The van der Waals surface area contributed by atoms with Gasteiger partial charge < -0.3 is 5.11 Å². The van der Waals surface area contributed by atoms with Crippen LogP contribution in [-0.4, -0.2) is 20.9 Å². The number of halogens is 2. The molecule has 2 rings (SSSR count). The number of aliphatic carboxylic acids is 1. The standard InChI is InChI=1S/C10H8ClFN2O2/c11-10-9-6(12)2-1-3-7(9)13-14(10)5-4-8(15)16/h1-3H,4-5H2,(H,15,16). The van der Waals surface area contributed by atoms with Crippen LogP contribution < -0.4 is 0 Å². The van der Waals surface area contributed by atoms with Crippen LogP contribution in [0, 0.1) is 5.82 Å². The molecule has 0 saturated heterocycles. The normalized spacial score (nSPS) is 10.9. The Morgan fingerprint density at radius 1 is 1.56 bits per heavy atom. The van der Waals surface area contributed by atoms with Gasteiger partial charge in [-0.1, -0.05) is 17.7 Å². The summed E-state index contributed by atoms with van der Waals surface area (Å²) in [4.78, 5) is 10.4. The Bertz CT molecular complexity index is 553. The number of nitrogens with zero attached hydrogens (tertiary/aromatic N) is 2. The second-order valence-electron chi connectivity index (χ2n) is 3.29. The van der Waals surface area contributed by atoms with E-state index in [-0.39, 0.29) is 23.5 Å². The first kappa shape index (κ1) is 10.9. The topological polar surface area (TPSA) is 55.1 Å². The fraction of sp³-hybridized carbons (Fsp3) is 0.200. The van der Waals surface area contributed by atoms with E-state index < -0.39 is 11.8 Å². The molecule has 4 nitrogen and oxygen atoms in total. The minimum absolute atomic E-state index is 0.102. The summed E-state index contributed by atoms with van der Waals surface area (Å²) in [7, 11) is 0. The summed E-state index contributed by atoms with van der Waals surface area (Å²) in [6.07, 6.45) is -0.102. The van der Waals surface area contributed by atoms with Crippen LogP contribution in [0.5, 0.6) is 0 Å². The molecule has 1 heterocycles. The van der Waals surface area contributed by atoms with Crippen molar-refractivity contribution in [2.45, 2.75) is 13.0 Å². The van der Waals surface area contributed by atoms with Crippen molar-refractivity contribution in [3.63, 3.8) is 0 Å². The van der Waals surface area contributed by atoms with Crippen LogP contribution in [0.4, 0.5) is 4.39 Å². The highest BCUT2D eigenvalue weighted by Gasteiger charge is 2.13. The highest BCUT2D eigenvalue weighted by atomic mass is 35.5. The molecule has 0 atom stereocenters. The Morgan fingerprint density at radius 3 is 2.94 bits per heavy atom. The maximum absolute atomic E-state index is 13.4. The first-order chi connectivity index (χ1) is 7.59. The number of aromatic nitrogens is 2. The van der Waals surface area contributed by atoms with Crippen molar-refractivity contribution in [2.24, 2.45) is 0 Å². The molecule has 0 fully saturated rings. The Balaban J connectivity index is 2.44. The number of rotatable bonds is 3. The van der Waals surface area contributed by atoms with E-state index in [0.29, 0.717) is 5.52 Å². The number of fused-ring (bicyclic) bond motifs is 1. The third-order valence-corrected chi connectivity index (χ3v) is 2.57. The Labute approximate surface area is 95.2 Å². The molecule has 2 aromatic rings. The van der Waals surface area contributed by atoms with Gasteiger partial charge in [-0.25, -0.2) is 4.39 Å². The van der Waals surface area contributed by atoms with E-state index in [1.165, 1.54) is 16.8 Å². The lowest BCUT2D eigenvalue weighted by Gasteiger charge is -1.98. The van der Waals surface area contributed by atoms with Gasteiger partial charge in [-0.2, -0.15) is 5.10 Å². The molecular weight excluding hydrogens is 235 g/mol. The van der Waals surface area contributed by atoms with Crippen molar-refractivity contribution < 1.29 is 14.3 Å². The van der Waals surface area contributed by atoms with Crippen LogP contribution >= 0.6 is 11.6 Å². The average molecular weight is 243 g/mol. The summed E-state index contributed by atoms with van der Waals surface area (Å²) in [5, 5.41) is 12.9. The van der Waals surface area contributed by atoms with Gasteiger partial charge in [0.25, 0.3) is 0 Å². The minimum atomic E-state index is -0.948. The highest BCUT2D eigenvalue weighted by molar-refractivity contribution is 6.34. The quantitative estimate of drug-likeness (QED) is 0.899. The molecule has 1 aromatic carbocycles. The Hall–Kier alpha value is -1.62. The van der Waals surface area contributed by atoms with Crippen LogP contribution in [0.25, 0.3) is 10.9 Å². The predicted octanol–water partition coefficient (Wildman–Crippen LogP) is 2.30. The molecule has 0 aliphatic rings. The van der Waals surface area contributed by atoms with Gasteiger partial charge in [-0.15, -0.1) is 0 Å². The van der Waals surface area contributed by atoms with E-state index in [1.807, 2.05) is 0 Å². The molecule has 16 heavy (non-hydrogen) atoms. The summed E-state index contributed by atoms with van der Waals surface area (Å²) in [6, 6.07) is 4.45. The number of carboxylic acids is 1. The zero-order valence-electron chi connectivity index (χ0n) is 8.15. The summed E-state index contributed by atoms with van der Waals surface area (Å²) in [5.41, 5.74) is 0.426. The first-order valence-corrected chi connectivity index (χ1v) is 4.99. The van der Waals surface area contributed by atoms with Gasteiger partial charge in [0.2, 0.25) is 0 Å². The van der Waals surface area contributed by atoms with Crippen molar-refractivity contribution in [2.75, 3.05) is 0 Å². The van der Waals surface area contributed by atoms with Crippen LogP contribution in [-0.2, 0) is 11.3 Å². The third-order valence-electron chi connectivity index (χ3n) is 2.19. The van der Waals surface area contributed by atoms with E-state index in [4.69, 9.17) is 16.7 Å². The fourth-order valence-electron chi connectivity index (χ4n) is 1.45. The third kappa shape index (κ3) is 1.86. The highest BCUT2D eigenvalue weighted by Crippen LogP contribution is 2.25. The van der Waals surface area contributed by atoms with Crippen LogP contribution in [0.1, 0.15) is 6.42 Å². The van der Waals surface area contributed by atoms with Gasteiger partial charge in [0.1, 0.15) is 11.0 Å². The van der Waals surface area contributed by atoms with Crippen LogP contribution in [0.3, 0.4) is 0 Å². The molecule has 0 unspecified atom stereocenters. The number of benzene rings is 1. The molecule has 84 valence electrons. The minimum Gasteiger partial charge on any atom is -0.481 e. The molecule has 0 bridgehead atoms. The second-order valence-corrected chi connectivity index (χ2v) is 3.65. The second kappa shape index (κ2) is 4.09. The maximum Gasteiger partial charge on any atom is 0.305 e. The number of aryl methyl sites for hydroxylation is 1. The van der Waals surface area contributed by atoms with Gasteiger partial charge >= 0.3 is 5.97 Å². The smallest absolute Gasteiger partial charge is 0.305 e. The monoisotopic (exact) mass is 242 g/mol. The predicted molar refractivity (Wildman–Crippen MR) is 57.0 cm³/mol. The largest absolute Gasteiger partial charge is 0.481 e. The number of hydrogen-bond donors (Lipinski definition) is 1. The first-order valence-electron chi connectivity index (χ1n) is 4.62. The van der Waals surface area contributed by atoms with E-state index >= 15 is 0 Å². The molecule has 1 N–H and O–H groups in total. The lowest BCUT2D eigenvalue weighted by molar-refractivity contribution is -0.137. The molecule has 0 aliphatic heterocycles. The summed E-state index contributed by atoms with van der Waals surface area (Å²) < 4.78 is 14.7. The van der Waals surface area contributed by atoms with Crippen LogP contribution in [0.15, 0.2) is 18.2 Å². The molecule has 0 spiro atoms. The van der Waals surface area contributed by atoms with E-state index in [9.17, 15) is 9.18 Å².